The third-order valence-electron chi connectivity index (χ3n) is 2.26. The normalized spacial score (nSPS) is 11.3. The molecule has 0 spiro atoms. The lowest BCUT2D eigenvalue weighted by molar-refractivity contribution is -0.480. The maximum Gasteiger partial charge on any atom is 0.414 e. The van der Waals surface area contributed by atoms with Gasteiger partial charge in [0.1, 0.15) is 11.2 Å². The number of hydrogen-bond donors (Lipinski definition) is 2. The number of guanidine groups is 1. The minimum atomic E-state index is -0.785. The van der Waals surface area contributed by atoms with E-state index in [1.54, 1.807) is 41.5 Å². The van der Waals surface area contributed by atoms with Crippen LogP contribution in [0.1, 0.15) is 54.4 Å². The topological polar surface area (TPSA) is 132 Å². The number of nitro groups is 1. The van der Waals surface area contributed by atoms with E-state index in [1.165, 1.54) is 0 Å². The average molecular weight is 360 g/mol. The van der Waals surface area contributed by atoms with Crippen LogP contribution < -0.4 is 10.6 Å². The van der Waals surface area contributed by atoms with Crippen LogP contribution in [0.5, 0.6) is 0 Å². The van der Waals surface area contributed by atoms with Crippen LogP contribution in [0, 0.1) is 10.1 Å². The molecule has 0 aromatic rings. The van der Waals surface area contributed by atoms with Gasteiger partial charge in [0.05, 0.1) is 0 Å². The van der Waals surface area contributed by atoms with Crippen molar-refractivity contribution in [3.8, 4) is 0 Å². The maximum absolute atomic E-state index is 11.8. The fourth-order valence-electron chi connectivity index (χ4n) is 1.45. The van der Waals surface area contributed by atoms with Crippen molar-refractivity contribution in [1.82, 2.24) is 10.6 Å². The molecular weight excluding hydrogens is 332 g/mol. The smallest absolute Gasteiger partial charge is 0.414 e. The summed E-state index contributed by atoms with van der Waals surface area (Å²) in [6.45, 7) is 10.2. The molecule has 25 heavy (non-hydrogen) atoms. The van der Waals surface area contributed by atoms with Crippen molar-refractivity contribution in [3.63, 3.8) is 0 Å². The van der Waals surface area contributed by atoms with E-state index < -0.39 is 28.3 Å². The van der Waals surface area contributed by atoms with E-state index in [0.717, 1.165) is 0 Å². The molecule has 0 aliphatic rings. The fraction of sp³-hybridized carbons (Fsp3) is 0.800. The van der Waals surface area contributed by atoms with Gasteiger partial charge in [-0.3, -0.25) is 25.7 Å². The van der Waals surface area contributed by atoms with E-state index >= 15 is 0 Å². The first kappa shape index (κ1) is 22.6. The van der Waals surface area contributed by atoms with Crippen molar-refractivity contribution in [1.29, 1.82) is 0 Å². The van der Waals surface area contributed by atoms with Crippen molar-refractivity contribution in [2.24, 2.45) is 4.99 Å². The number of alkyl carbamates (subject to hydrolysis) is 2. The number of aliphatic imine (C=N–C) groups is 1. The molecule has 0 aromatic carbocycles. The highest BCUT2D eigenvalue weighted by Crippen LogP contribution is 2.07. The van der Waals surface area contributed by atoms with Gasteiger partial charge in [-0.15, -0.1) is 0 Å². The molecule has 10 heteroatoms. The van der Waals surface area contributed by atoms with Gasteiger partial charge in [-0.05, 0) is 48.0 Å². The molecule has 0 saturated carbocycles. The number of carbonyl (C=O) groups excluding carboxylic acids is 2. The Balaban J connectivity index is 4.77. The minimum Gasteiger partial charge on any atom is -0.444 e. The Morgan fingerprint density at radius 3 is 1.76 bits per heavy atom. The molecule has 0 aliphatic heterocycles. The lowest BCUT2D eigenvalue weighted by atomic mass is 10.2. The van der Waals surface area contributed by atoms with Gasteiger partial charge in [-0.1, -0.05) is 0 Å². The number of unbranched alkanes of at least 4 members (excludes halogenated alkanes) is 1. The van der Waals surface area contributed by atoms with Gasteiger partial charge in [-0.25, -0.2) is 9.59 Å². The summed E-state index contributed by atoms with van der Waals surface area (Å²) in [6, 6.07) is 0. The molecule has 10 nitrogen and oxygen atoms in total. The summed E-state index contributed by atoms with van der Waals surface area (Å²) in [6.07, 6.45) is -0.806. The number of ether oxygens (including phenoxy) is 2. The first-order chi connectivity index (χ1) is 11.3. The quantitative estimate of drug-likeness (QED) is 0.254. The Morgan fingerprint density at radius 2 is 1.40 bits per heavy atom. The van der Waals surface area contributed by atoms with Crippen LogP contribution in [0.25, 0.3) is 0 Å². The number of rotatable bonds is 5. The van der Waals surface area contributed by atoms with Crippen LogP contribution in [0.2, 0.25) is 0 Å². The molecule has 0 heterocycles. The van der Waals surface area contributed by atoms with E-state index in [-0.39, 0.29) is 19.0 Å². The molecule has 0 aliphatic carbocycles. The summed E-state index contributed by atoms with van der Waals surface area (Å²) in [5, 5.41) is 14.9. The summed E-state index contributed by atoms with van der Waals surface area (Å²) in [5.41, 5.74) is -1.43. The van der Waals surface area contributed by atoms with Crippen LogP contribution in [0.3, 0.4) is 0 Å². The minimum absolute atomic E-state index is 0.135. The number of amides is 2. The molecule has 0 fully saturated rings. The van der Waals surface area contributed by atoms with E-state index in [1.807, 2.05) is 0 Å². The summed E-state index contributed by atoms with van der Waals surface area (Å²) < 4.78 is 10.2. The second kappa shape index (κ2) is 9.80. The molecule has 2 amide bonds. The Morgan fingerprint density at radius 1 is 0.960 bits per heavy atom. The molecule has 0 radical (unpaired) electrons. The highest BCUT2D eigenvalue weighted by molar-refractivity contribution is 6.01. The maximum atomic E-state index is 11.8. The van der Waals surface area contributed by atoms with Gasteiger partial charge in [0, 0.05) is 17.9 Å². The Kier molecular flexibility index (Phi) is 8.86. The standard InChI is InChI=1S/C15H28N4O6/c1-14(2,3)24-12(20)17-11(16-9-7-8-10-19(22)23)18-13(21)25-15(4,5)6/h7-10H2,1-6H3,(H2,16,17,18,20,21). The molecule has 0 saturated heterocycles. The molecular formula is C15H28N4O6. The van der Waals surface area contributed by atoms with Crippen molar-refractivity contribution in [2.45, 2.75) is 65.6 Å². The molecule has 2 N–H and O–H groups in total. The molecule has 0 aromatic heterocycles. The zero-order valence-electron chi connectivity index (χ0n) is 15.7. The Bertz CT molecular complexity index is 473. The Labute approximate surface area is 147 Å². The second-order valence-corrected chi connectivity index (χ2v) is 7.25. The van der Waals surface area contributed by atoms with Crippen molar-refractivity contribution in [2.75, 3.05) is 13.1 Å². The highest BCUT2D eigenvalue weighted by Gasteiger charge is 2.21. The van der Waals surface area contributed by atoms with E-state index in [0.29, 0.717) is 12.8 Å². The predicted molar refractivity (Wildman–Crippen MR) is 92.1 cm³/mol. The largest absolute Gasteiger partial charge is 0.444 e. The second-order valence-electron chi connectivity index (χ2n) is 7.25. The highest BCUT2D eigenvalue weighted by atomic mass is 16.6. The van der Waals surface area contributed by atoms with E-state index in [4.69, 9.17) is 9.47 Å². The molecule has 144 valence electrons. The first-order valence-corrected chi connectivity index (χ1v) is 7.95. The summed E-state index contributed by atoms with van der Waals surface area (Å²) in [7, 11) is 0. The lowest BCUT2D eigenvalue weighted by Crippen LogP contribution is -2.47. The van der Waals surface area contributed by atoms with Crippen LogP contribution in [-0.4, -0.2) is 47.4 Å². The Hall–Kier alpha value is -2.39. The van der Waals surface area contributed by atoms with Crippen molar-refractivity contribution >= 4 is 18.1 Å². The van der Waals surface area contributed by atoms with Crippen LogP contribution in [0.15, 0.2) is 4.99 Å². The number of hydrogen-bond acceptors (Lipinski definition) is 7. The summed E-state index contributed by atoms with van der Waals surface area (Å²) in [5.74, 6) is -0.135. The number of nitrogens with one attached hydrogen (secondary N) is 2. The van der Waals surface area contributed by atoms with Gasteiger partial charge in [0.2, 0.25) is 12.5 Å². The zero-order chi connectivity index (χ0) is 19.7. The van der Waals surface area contributed by atoms with Gasteiger partial charge in [0.15, 0.2) is 0 Å². The third-order valence-corrected chi connectivity index (χ3v) is 2.26. The van der Waals surface area contributed by atoms with Crippen LogP contribution >= 0.6 is 0 Å². The van der Waals surface area contributed by atoms with E-state index in [9.17, 15) is 19.7 Å². The van der Waals surface area contributed by atoms with Crippen LogP contribution in [-0.2, 0) is 9.47 Å². The molecule has 0 rings (SSSR count). The predicted octanol–water partition coefficient (Wildman–Crippen LogP) is 2.45. The van der Waals surface area contributed by atoms with Crippen molar-refractivity contribution < 1.29 is 24.0 Å². The lowest BCUT2D eigenvalue weighted by Gasteiger charge is -2.22. The van der Waals surface area contributed by atoms with Gasteiger partial charge in [0.25, 0.3) is 0 Å². The van der Waals surface area contributed by atoms with Gasteiger partial charge < -0.3 is 9.47 Å². The van der Waals surface area contributed by atoms with Crippen molar-refractivity contribution in [3.05, 3.63) is 10.1 Å². The molecule has 0 bridgehead atoms. The van der Waals surface area contributed by atoms with Crippen LogP contribution in [0.4, 0.5) is 9.59 Å². The molecule has 0 atom stereocenters. The monoisotopic (exact) mass is 360 g/mol. The summed E-state index contributed by atoms with van der Waals surface area (Å²) >= 11 is 0. The number of nitrogens with zero attached hydrogens (tertiary/aromatic N) is 2. The summed E-state index contributed by atoms with van der Waals surface area (Å²) in [4.78, 5) is 37.5. The zero-order valence-corrected chi connectivity index (χ0v) is 15.7. The SMILES string of the molecule is CC(C)(C)OC(=O)NC(=NCCCC[N+](=O)[O-])NC(=O)OC(C)(C)C. The fourth-order valence-corrected chi connectivity index (χ4v) is 1.45. The van der Waals surface area contributed by atoms with Gasteiger partial charge >= 0.3 is 12.2 Å². The molecule has 0 unspecified atom stereocenters. The van der Waals surface area contributed by atoms with E-state index in [2.05, 4.69) is 15.6 Å². The first-order valence-electron chi connectivity index (χ1n) is 7.95. The van der Waals surface area contributed by atoms with Gasteiger partial charge in [-0.2, -0.15) is 0 Å². The third kappa shape index (κ3) is 14.9. The number of carbonyl (C=O) groups is 2. The average Bonchev–Trinajstić information content (AvgIpc) is 2.32.